The smallest absolute Gasteiger partial charge is 0.282 e. The molecule has 0 unspecified atom stereocenters. The van der Waals surface area contributed by atoms with Crippen LogP contribution in [0.4, 0.5) is 5.69 Å². The lowest BCUT2D eigenvalue weighted by Gasteiger charge is -2.15. The summed E-state index contributed by atoms with van der Waals surface area (Å²) in [5.74, 6) is 0. The lowest BCUT2D eigenvalue weighted by atomic mass is 10.1. The van der Waals surface area contributed by atoms with Gasteiger partial charge in [0.2, 0.25) is 0 Å². The van der Waals surface area contributed by atoms with E-state index >= 15 is 0 Å². The molecule has 0 saturated heterocycles. The molecule has 0 aliphatic carbocycles. The van der Waals surface area contributed by atoms with E-state index in [0.717, 1.165) is 12.1 Å². The Kier molecular flexibility index (Phi) is 4.19. The second-order valence-corrected chi connectivity index (χ2v) is 5.76. The fourth-order valence-electron chi connectivity index (χ4n) is 1.69. The molecule has 0 bridgehead atoms. The summed E-state index contributed by atoms with van der Waals surface area (Å²) in [5.41, 5.74) is 1.90. The van der Waals surface area contributed by atoms with Crippen LogP contribution in [0.5, 0.6) is 0 Å². The Morgan fingerprint density at radius 1 is 1.61 bits per heavy atom. The van der Waals surface area contributed by atoms with Gasteiger partial charge in [-0.3, -0.25) is 4.79 Å². The highest BCUT2D eigenvalue weighted by atomic mass is 79.9. The van der Waals surface area contributed by atoms with E-state index in [1.807, 2.05) is 0 Å². The van der Waals surface area contributed by atoms with Gasteiger partial charge in [0, 0.05) is 13.1 Å². The van der Waals surface area contributed by atoms with Crippen molar-refractivity contribution in [3.8, 4) is 0 Å². The van der Waals surface area contributed by atoms with Crippen molar-refractivity contribution in [2.75, 3.05) is 5.32 Å². The van der Waals surface area contributed by atoms with Crippen LogP contribution in [0.1, 0.15) is 12.5 Å². The summed E-state index contributed by atoms with van der Waals surface area (Å²) < 4.78 is 1.83. The first-order chi connectivity index (χ1) is 8.58. The quantitative estimate of drug-likeness (QED) is 0.939. The molecule has 0 amide bonds. The Morgan fingerprint density at radius 2 is 2.39 bits per heavy atom. The van der Waals surface area contributed by atoms with E-state index in [0.29, 0.717) is 4.47 Å². The van der Waals surface area contributed by atoms with Crippen molar-refractivity contribution in [2.24, 2.45) is 7.05 Å². The van der Waals surface area contributed by atoms with Crippen LogP contribution in [0.25, 0.3) is 0 Å². The van der Waals surface area contributed by atoms with E-state index in [2.05, 4.69) is 50.1 Å². The number of aryl methyl sites for hydroxylation is 1. The van der Waals surface area contributed by atoms with Crippen molar-refractivity contribution in [3.05, 3.63) is 43.4 Å². The fraction of sp³-hybridized carbons (Fsp3) is 0.333. The maximum atomic E-state index is 11.7. The molecule has 1 N–H and O–H groups in total. The molecule has 0 radical (unpaired) electrons. The largest absolute Gasteiger partial charge is 0.380 e. The second kappa shape index (κ2) is 5.67. The van der Waals surface area contributed by atoms with Gasteiger partial charge in [-0.1, -0.05) is 0 Å². The minimum atomic E-state index is -0.136. The van der Waals surface area contributed by atoms with Crippen LogP contribution in [0.3, 0.4) is 0 Å². The zero-order valence-corrected chi connectivity index (χ0v) is 12.6. The highest BCUT2D eigenvalue weighted by Crippen LogP contribution is 2.18. The third-order valence-electron chi connectivity index (χ3n) is 2.60. The highest BCUT2D eigenvalue weighted by molar-refractivity contribution is 9.10. The van der Waals surface area contributed by atoms with Gasteiger partial charge >= 0.3 is 0 Å². The van der Waals surface area contributed by atoms with Gasteiger partial charge in [0.25, 0.3) is 5.56 Å². The standard InChI is InChI=1S/C12H14BrN3OS/c1-8(5-9-3-4-18-7-9)15-10-6-14-16(2)12(17)11(10)13/h3-4,6-8,15H,5H2,1-2H3/t8-/m0/s1. The zero-order valence-electron chi connectivity index (χ0n) is 10.2. The predicted octanol–water partition coefficient (Wildman–Crippen LogP) is 2.65. The normalized spacial score (nSPS) is 12.4. The Balaban J connectivity index is 2.10. The van der Waals surface area contributed by atoms with Gasteiger partial charge in [0.15, 0.2) is 0 Å². The molecule has 1 atom stereocenters. The first kappa shape index (κ1) is 13.3. The first-order valence-electron chi connectivity index (χ1n) is 5.57. The van der Waals surface area contributed by atoms with Crippen molar-refractivity contribution in [1.29, 1.82) is 0 Å². The summed E-state index contributed by atoms with van der Waals surface area (Å²) in [6.07, 6.45) is 2.58. The SMILES string of the molecule is C[C@@H](Cc1ccsc1)Nc1cnn(C)c(=O)c1Br. The molecule has 18 heavy (non-hydrogen) atoms. The minimum Gasteiger partial charge on any atom is -0.380 e. The van der Waals surface area contributed by atoms with Crippen LogP contribution >= 0.6 is 27.3 Å². The summed E-state index contributed by atoms with van der Waals surface area (Å²) in [6, 6.07) is 2.35. The molecule has 0 saturated carbocycles. The number of hydrogen-bond donors (Lipinski definition) is 1. The number of nitrogens with zero attached hydrogens (tertiary/aromatic N) is 2. The van der Waals surface area contributed by atoms with Crippen molar-refractivity contribution in [1.82, 2.24) is 9.78 Å². The summed E-state index contributed by atoms with van der Waals surface area (Å²) in [4.78, 5) is 11.7. The molecule has 0 spiro atoms. The van der Waals surface area contributed by atoms with E-state index in [1.54, 1.807) is 24.6 Å². The molecule has 6 heteroatoms. The monoisotopic (exact) mass is 327 g/mol. The second-order valence-electron chi connectivity index (χ2n) is 4.18. The van der Waals surface area contributed by atoms with Gasteiger partial charge in [0.05, 0.1) is 11.9 Å². The molecule has 2 heterocycles. The van der Waals surface area contributed by atoms with E-state index in [4.69, 9.17) is 0 Å². The number of nitrogens with one attached hydrogen (secondary N) is 1. The molecular weight excluding hydrogens is 314 g/mol. The summed E-state index contributed by atoms with van der Waals surface area (Å²) in [7, 11) is 1.63. The minimum absolute atomic E-state index is 0.136. The number of thiophene rings is 1. The molecule has 2 aromatic heterocycles. The van der Waals surface area contributed by atoms with Crippen LogP contribution < -0.4 is 10.9 Å². The zero-order chi connectivity index (χ0) is 13.1. The number of hydrogen-bond acceptors (Lipinski definition) is 4. The van der Waals surface area contributed by atoms with Crippen molar-refractivity contribution in [2.45, 2.75) is 19.4 Å². The summed E-state index contributed by atoms with van der Waals surface area (Å²) in [6.45, 7) is 2.08. The maximum Gasteiger partial charge on any atom is 0.282 e. The van der Waals surface area contributed by atoms with Gasteiger partial charge in [0.1, 0.15) is 4.47 Å². The van der Waals surface area contributed by atoms with E-state index in [-0.39, 0.29) is 11.6 Å². The van der Waals surface area contributed by atoms with Crippen molar-refractivity contribution >= 4 is 33.0 Å². The molecule has 0 aromatic carbocycles. The molecule has 2 aromatic rings. The van der Waals surface area contributed by atoms with Gasteiger partial charge < -0.3 is 5.32 Å². The van der Waals surface area contributed by atoms with Crippen LogP contribution in [0.2, 0.25) is 0 Å². The average Bonchev–Trinajstić information content (AvgIpc) is 2.83. The van der Waals surface area contributed by atoms with Crippen molar-refractivity contribution < 1.29 is 0 Å². The molecule has 0 aliphatic heterocycles. The molecule has 0 fully saturated rings. The Labute approximate surface area is 118 Å². The number of halogens is 1. The number of anilines is 1. The summed E-state index contributed by atoms with van der Waals surface area (Å²) >= 11 is 5.00. The third kappa shape index (κ3) is 3.00. The fourth-order valence-corrected chi connectivity index (χ4v) is 2.85. The maximum absolute atomic E-state index is 11.7. The Morgan fingerprint density at radius 3 is 3.06 bits per heavy atom. The van der Waals surface area contributed by atoms with Gasteiger partial charge in [-0.15, -0.1) is 0 Å². The third-order valence-corrected chi connectivity index (χ3v) is 4.10. The van der Waals surface area contributed by atoms with Gasteiger partial charge in [-0.05, 0) is 51.7 Å². The van der Waals surface area contributed by atoms with E-state index < -0.39 is 0 Å². The van der Waals surface area contributed by atoms with Crippen LogP contribution in [-0.4, -0.2) is 15.8 Å². The number of rotatable bonds is 4. The Hall–Kier alpha value is -1.14. The highest BCUT2D eigenvalue weighted by Gasteiger charge is 2.10. The molecule has 0 aliphatic rings. The lowest BCUT2D eigenvalue weighted by molar-refractivity contribution is 0.699. The predicted molar refractivity (Wildman–Crippen MR) is 78.3 cm³/mol. The molecule has 2 rings (SSSR count). The van der Waals surface area contributed by atoms with Crippen LogP contribution in [-0.2, 0) is 13.5 Å². The topological polar surface area (TPSA) is 46.9 Å². The lowest BCUT2D eigenvalue weighted by Crippen LogP contribution is -2.24. The van der Waals surface area contributed by atoms with Gasteiger partial charge in [-0.25, -0.2) is 4.68 Å². The van der Waals surface area contributed by atoms with Crippen LogP contribution in [0, 0.1) is 0 Å². The molecule has 4 nitrogen and oxygen atoms in total. The van der Waals surface area contributed by atoms with E-state index in [9.17, 15) is 4.79 Å². The van der Waals surface area contributed by atoms with Crippen molar-refractivity contribution in [3.63, 3.8) is 0 Å². The molecule has 96 valence electrons. The molecular formula is C12H14BrN3OS. The number of aromatic nitrogens is 2. The van der Waals surface area contributed by atoms with Gasteiger partial charge in [-0.2, -0.15) is 16.4 Å². The van der Waals surface area contributed by atoms with E-state index in [1.165, 1.54) is 10.2 Å². The summed E-state index contributed by atoms with van der Waals surface area (Å²) in [5, 5.41) is 11.5. The van der Waals surface area contributed by atoms with Crippen LogP contribution in [0.15, 0.2) is 32.3 Å². The average molecular weight is 328 g/mol. The Bertz CT molecular complexity index is 580. The first-order valence-corrected chi connectivity index (χ1v) is 7.31.